The quantitative estimate of drug-likeness (QED) is 0.872. The van der Waals surface area contributed by atoms with Gasteiger partial charge in [0, 0.05) is 31.4 Å². The van der Waals surface area contributed by atoms with Gasteiger partial charge in [-0.3, -0.25) is 0 Å². The summed E-state index contributed by atoms with van der Waals surface area (Å²) >= 11 is 0. The zero-order chi connectivity index (χ0) is 13.2. The summed E-state index contributed by atoms with van der Waals surface area (Å²) < 4.78 is 2.25. The van der Waals surface area contributed by atoms with Crippen molar-refractivity contribution in [2.75, 3.05) is 0 Å². The van der Waals surface area contributed by atoms with Crippen molar-refractivity contribution in [2.45, 2.75) is 65.5 Å². The van der Waals surface area contributed by atoms with Gasteiger partial charge in [-0.05, 0) is 30.6 Å². The van der Waals surface area contributed by atoms with Crippen LogP contribution in [0.3, 0.4) is 0 Å². The summed E-state index contributed by atoms with van der Waals surface area (Å²) in [6.07, 6.45) is 9.96. The fourth-order valence-electron chi connectivity index (χ4n) is 3.47. The Kier molecular flexibility index (Phi) is 4.10. The van der Waals surface area contributed by atoms with Gasteiger partial charge in [0.1, 0.15) is 5.82 Å². The van der Waals surface area contributed by atoms with Gasteiger partial charge >= 0.3 is 0 Å². The molecule has 1 aromatic rings. The van der Waals surface area contributed by atoms with Crippen molar-refractivity contribution in [3.8, 4) is 0 Å². The van der Waals surface area contributed by atoms with Gasteiger partial charge in [0.25, 0.3) is 0 Å². The summed E-state index contributed by atoms with van der Waals surface area (Å²) in [7, 11) is 0. The van der Waals surface area contributed by atoms with Crippen LogP contribution in [-0.4, -0.2) is 15.6 Å². The molecule has 1 heterocycles. The number of hydrogen-bond donors (Lipinski definition) is 1. The number of rotatable bonds is 5. The summed E-state index contributed by atoms with van der Waals surface area (Å²) in [6, 6.07) is 0.250. The average molecular weight is 249 g/mol. The molecule has 2 rings (SSSR count). The SMILES string of the molecule is CCCn1ccnc1CC(N)C1CCCC1(C)C. The van der Waals surface area contributed by atoms with Crippen LogP contribution in [0, 0.1) is 11.3 Å². The van der Waals surface area contributed by atoms with Crippen LogP contribution < -0.4 is 5.73 Å². The lowest BCUT2D eigenvalue weighted by molar-refractivity contribution is 0.218. The van der Waals surface area contributed by atoms with Crippen LogP contribution in [0.15, 0.2) is 12.4 Å². The summed E-state index contributed by atoms with van der Waals surface area (Å²) in [6.45, 7) is 7.98. The summed E-state index contributed by atoms with van der Waals surface area (Å²) in [4.78, 5) is 4.48. The first-order valence-corrected chi connectivity index (χ1v) is 7.30. The van der Waals surface area contributed by atoms with Crippen molar-refractivity contribution in [3.05, 3.63) is 18.2 Å². The van der Waals surface area contributed by atoms with Crippen LogP contribution in [0.2, 0.25) is 0 Å². The highest BCUT2D eigenvalue weighted by Gasteiger charge is 2.38. The molecule has 3 nitrogen and oxygen atoms in total. The molecule has 1 saturated carbocycles. The maximum atomic E-state index is 6.46. The maximum Gasteiger partial charge on any atom is 0.110 e. The zero-order valence-electron chi connectivity index (χ0n) is 12.0. The highest BCUT2D eigenvalue weighted by Crippen LogP contribution is 2.44. The summed E-state index contributed by atoms with van der Waals surface area (Å²) in [5.74, 6) is 1.80. The van der Waals surface area contributed by atoms with Crippen LogP contribution in [0.1, 0.15) is 52.3 Å². The van der Waals surface area contributed by atoms with E-state index >= 15 is 0 Å². The van der Waals surface area contributed by atoms with Gasteiger partial charge in [0.2, 0.25) is 0 Å². The lowest BCUT2D eigenvalue weighted by Crippen LogP contribution is -2.38. The molecule has 0 spiro atoms. The standard InChI is InChI=1S/C15H27N3/c1-4-9-18-10-8-17-14(18)11-13(16)12-6-5-7-15(12,2)3/h8,10,12-13H,4-7,9,11,16H2,1-3H3. The first-order valence-electron chi connectivity index (χ1n) is 7.30. The maximum absolute atomic E-state index is 6.46. The van der Waals surface area contributed by atoms with Crippen LogP contribution in [0.5, 0.6) is 0 Å². The van der Waals surface area contributed by atoms with E-state index in [2.05, 4.69) is 36.5 Å². The molecule has 102 valence electrons. The number of aromatic nitrogens is 2. The third-order valence-electron chi connectivity index (χ3n) is 4.54. The molecule has 0 amide bonds. The lowest BCUT2D eigenvalue weighted by Gasteiger charge is -2.32. The van der Waals surface area contributed by atoms with E-state index in [9.17, 15) is 0 Å². The van der Waals surface area contributed by atoms with E-state index in [4.69, 9.17) is 5.73 Å². The first-order chi connectivity index (χ1) is 8.54. The fraction of sp³-hybridized carbons (Fsp3) is 0.800. The van der Waals surface area contributed by atoms with Gasteiger partial charge in [-0.25, -0.2) is 4.98 Å². The number of aryl methyl sites for hydroxylation is 1. The second-order valence-electron chi connectivity index (χ2n) is 6.39. The van der Waals surface area contributed by atoms with Gasteiger partial charge in [-0.15, -0.1) is 0 Å². The third kappa shape index (κ3) is 2.77. The Morgan fingerprint density at radius 2 is 2.33 bits per heavy atom. The van der Waals surface area contributed by atoms with Crippen molar-refractivity contribution in [1.82, 2.24) is 9.55 Å². The largest absolute Gasteiger partial charge is 0.335 e. The number of nitrogens with zero attached hydrogens (tertiary/aromatic N) is 2. The average Bonchev–Trinajstić information content (AvgIpc) is 2.86. The second-order valence-corrected chi connectivity index (χ2v) is 6.39. The van der Waals surface area contributed by atoms with Gasteiger partial charge in [0.15, 0.2) is 0 Å². The van der Waals surface area contributed by atoms with E-state index < -0.39 is 0 Å². The van der Waals surface area contributed by atoms with Gasteiger partial charge < -0.3 is 10.3 Å². The molecule has 18 heavy (non-hydrogen) atoms. The molecule has 2 unspecified atom stereocenters. The Labute approximate surface area is 111 Å². The van der Waals surface area contributed by atoms with Crippen molar-refractivity contribution < 1.29 is 0 Å². The number of imidazole rings is 1. The zero-order valence-corrected chi connectivity index (χ0v) is 12.0. The van der Waals surface area contributed by atoms with E-state index in [1.807, 2.05) is 6.20 Å². The van der Waals surface area contributed by atoms with E-state index in [-0.39, 0.29) is 6.04 Å². The normalized spacial score (nSPS) is 24.3. The van der Waals surface area contributed by atoms with Crippen molar-refractivity contribution in [2.24, 2.45) is 17.1 Å². The fourth-order valence-corrected chi connectivity index (χ4v) is 3.47. The Morgan fingerprint density at radius 1 is 1.56 bits per heavy atom. The molecule has 2 N–H and O–H groups in total. The van der Waals surface area contributed by atoms with Crippen LogP contribution >= 0.6 is 0 Å². The van der Waals surface area contributed by atoms with Gasteiger partial charge in [-0.1, -0.05) is 27.2 Å². The number of nitrogens with two attached hydrogens (primary N) is 1. The van der Waals surface area contributed by atoms with Crippen LogP contribution in [0.4, 0.5) is 0 Å². The molecule has 0 radical (unpaired) electrons. The molecule has 0 aliphatic heterocycles. The molecule has 0 bridgehead atoms. The van der Waals surface area contributed by atoms with E-state index in [0.29, 0.717) is 11.3 Å². The molecule has 2 atom stereocenters. The van der Waals surface area contributed by atoms with Crippen molar-refractivity contribution >= 4 is 0 Å². The smallest absolute Gasteiger partial charge is 0.110 e. The van der Waals surface area contributed by atoms with Gasteiger partial charge in [0.05, 0.1) is 0 Å². The Balaban J connectivity index is 2.02. The topological polar surface area (TPSA) is 43.8 Å². The first kappa shape index (κ1) is 13.6. The number of hydrogen-bond acceptors (Lipinski definition) is 2. The minimum Gasteiger partial charge on any atom is -0.335 e. The van der Waals surface area contributed by atoms with Crippen molar-refractivity contribution in [3.63, 3.8) is 0 Å². The van der Waals surface area contributed by atoms with E-state index in [1.165, 1.54) is 19.3 Å². The minimum atomic E-state index is 0.250. The minimum absolute atomic E-state index is 0.250. The van der Waals surface area contributed by atoms with E-state index in [0.717, 1.165) is 25.2 Å². The molecule has 1 aliphatic carbocycles. The molecule has 1 aromatic heterocycles. The predicted molar refractivity (Wildman–Crippen MR) is 75.3 cm³/mol. The molecule has 3 heteroatoms. The van der Waals surface area contributed by atoms with Crippen LogP contribution in [0.25, 0.3) is 0 Å². The third-order valence-corrected chi connectivity index (χ3v) is 4.54. The van der Waals surface area contributed by atoms with Gasteiger partial charge in [-0.2, -0.15) is 0 Å². The molecule has 0 saturated heterocycles. The summed E-state index contributed by atoms with van der Waals surface area (Å²) in [5, 5.41) is 0. The van der Waals surface area contributed by atoms with Crippen molar-refractivity contribution in [1.29, 1.82) is 0 Å². The highest BCUT2D eigenvalue weighted by atomic mass is 15.1. The Bertz CT molecular complexity index is 381. The highest BCUT2D eigenvalue weighted by molar-refractivity contribution is 4.99. The predicted octanol–water partition coefficient (Wildman–Crippen LogP) is 2.99. The monoisotopic (exact) mass is 249 g/mol. The molecular formula is C15H27N3. The molecule has 0 aromatic carbocycles. The Hall–Kier alpha value is -0.830. The lowest BCUT2D eigenvalue weighted by atomic mass is 9.77. The Morgan fingerprint density at radius 3 is 2.94 bits per heavy atom. The molecule has 1 aliphatic rings. The van der Waals surface area contributed by atoms with E-state index in [1.54, 1.807) is 0 Å². The molecular weight excluding hydrogens is 222 g/mol. The second kappa shape index (κ2) is 5.43. The molecule has 1 fully saturated rings. The summed E-state index contributed by atoms with van der Waals surface area (Å²) in [5.41, 5.74) is 6.86. The van der Waals surface area contributed by atoms with Crippen LogP contribution in [-0.2, 0) is 13.0 Å².